The van der Waals surface area contributed by atoms with Crippen LogP contribution in [0.2, 0.25) is 5.02 Å². The first-order valence-corrected chi connectivity index (χ1v) is 6.29. The van der Waals surface area contributed by atoms with E-state index in [1.807, 2.05) is 12.1 Å². The third kappa shape index (κ3) is 3.13. The Balaban J connectivity index is 1.89. The van der Waals surface area contributed by atoms with E-state index in [1.54, 1.807) is 6.07 Å². The maximum atomic E-state index is 5.96. The van der Waals surface area contributed by atoms with Crippen LogP contribution < -0.4 is 11.1 Å². The maximum Gasteiger partial charge on any atom is 0.0429 e. The number of anilines is 1. The smallest absolute Gasteiger partial charge is 0.0429 e. The molecule has 2 nitrogen and oxygen atoms in total. The zero-order valence-corrected chi connectivity index (χ0v) is 10.4. The highest BCUT2D eigenvalue weighted by Gasteiger charge is 2.20. The normalized spacial score (nSPS) is 24.9. The van der Waals surface area contributed by atoms with Gasteiger partial charge in [0, 0.05) is 23.3 Å². The average molecular weight is 239 g/mol. The average Bonchev–Trinajstić information content (AvgIpc) is 2.60. The first-order valence-electron chi connectivity index (χ1n) is 5.92. The van der Waals surface area contributed by atoms with E-state index in [-0.39, 0.29) is 0 Å². The second-order valence-electron chi connectivity index (χ2n) is 4.89. The van der Waals surface area contributed by atoms with E-state index in [0.717, 1.165) is 23.2 Å². The van der Waals surface area contributed by atoms with Crippen LogP contribution in [0.15, 0.2) is 18.2 Å². The van der Waals surface area contributed by atoms with Crippen LogP contribution in [0.25, 0.3) is 0 Å². The summed E-state index contributed by atoms with van der Waals surface area (Å²) in [6.07, 6.45) is 3.92. The van der Waals surface area contributed by atoms with Crippen molar-refractivity contribution in [1.29, 1.82) is 0 Å². The molecule has 0 bridgehead atoms. The lowest BCUT2D eigenvalue weighted by molar-refractivity contribution is 0.502. The number of halogens is 1. The molecule has 16 heavy (non-hydrogen) atoms. The van der Waals surface area contributed by atoms with Gasteiger partial charge < -0.3 is 11.1 Å². The molecule has 0 aromatic heterocycles. The van der Waals surface area contributed by atoms with E-state index in [0.29, 0.717) is 6.04 Å². The second-order valence-corrected chi connectivity index (χ2v) is 5.33. The molecule has 1 aliphatic carbocycles. The van der Waals surface area contributed by atoms with Crippen LogP contribution >= 0.6 is 11.6 Å². The number of benzene rings is 1. The molecule has 0 spiro atoms. The summed E-state index contributed by atoms with van der Waals surface area (Å²) < 4.78 is 0. The fourth-order valence-corrected chi connectivity index (χ4v) is 2.70. The van der Waals surface area contributed by atoms with Gasteiger partial charge in [0.15, 0.2) is 0 Å². The van der Waals surface area contributed by atoms with Crippen LogP contribution in [0.1, 0.15) is 31.7 Å². The molecule has 2 rings (SSSR count). The van der Waals surface area contributed by atoms with E-state index in [9.17, 15) is 0 Å². The van der Waals surface area contributed by atoms with Crippen molar-refractivity contribution >= 4 is 17.3 Å². The number of hydrogen-bond donors (Lipinski definition) is 2. The topological polar surface area (TPSA) is 38.0 Å². The van der Waals surface area contributed by atoms with Gasteiger partial charge in [-0.1, -0.05) is 18.5 Å². The molecule has 2 atom stereocenters. The van der Waals surface area contributed by atoms with Gasteiger partial charge in [0.05, 0.1) is 0 Å². The number of hydrogen-bond acceptors (Lipinski definition) is 2. The molecule has 0 saturated heterocycles. The van der Waals surface area contributed by atoms with E-state index in [1.165, 1.54) is 24.8 Å². The summed E-state index contributed by atoms with van der Waals surface area (Å²) in [7, 11) is 0. The fraction of sp³-hybridized carbons (Fsp3) is 0.538. The number of nitrogens with two attached hydrogens (primary N) is 1. The predicted molar refractivity (Wildman–Crippen MR) is 69.5 cm³/mol. The molecule has 2 unspecified atom stereocenters. The van der Waals surface area contributed by atoms with Crippen molar-refractivity contribution in [2.45, 2.75) is 38.8 Å². The summed E-state index contributed by atoms with van der Waals surface area (Å²) in [5.41, 5.74) is 7.66. The first kappa shape index (κ1) is 11.7. The SMILES string of the molecule is CC1CCC(NCc2cc(N)cc(Cl)c2)C1. The minimum Gasteiger partial charge on any atom is -0.399 e. The zero-order chi connectivity index (χ0) is 11.5. The minimum absolute atomic E-state index is 0.662. The molecule has 0 radical (unpaired) electrons. The Hall–Kier alpha value is -0.730. The number of nitrogens with one attached hydrogen (secondary N) is 1. The summed E-state index contributed by atoms with van der Waals surface area (Å²) in [5.74, 6) is 0.863. The highest BCUT2D eigenvalue weighted by atomic mass is 35.5. The van der Waals surface area contributed by atoms with Gasteiger partial charge in [-0.15, -0.1) is 0 Å². The van der Waals surface area contributed by atoms with E-state index >= 15 is 0 Å². The van der Waals surface area contributed by atoms with Crippen LogP contribution in [0.4, 0.5) is 5.69 Å². The molecule has 88 valence electrons. The van der Waals surface area contributed by atoms with Crippen molar-refractivity contribution in [1.82, 2.24) is 5.32 Å². The van der Waals surface area contributed by atoms with Gasteiger partial charge in [0.1, 0.15) is 0 Å². The summed E-state index contributed by atoms with van der Waals surface area (Å²) in [4.78, 5) is 0. The molecule has 0 amide bonds. The second kappa shape index (κ2) is 5.07. The summed E-state index contributed by atoms with van der Waals surface area (Å²) in [5, 5.41) is 4.29. The summed E-state index contributed by atoms with van der Waals surface area (Å²) >= 11 is 5.96. The maximum absolute atomic E-state index is 5.96. The first-order chi connectivity index (χ1) is 7.63. The molecule has 1 aromatic rings. The third-order valence-corrected chi connectivity index (χ3v) is 3.49. The molecule has 1 saturated carbocycles. The van der Waals surface area contributed by atoms with E-state index < -0.39 is 0 Å². The minimum atomic E-state index is 0.662. The Bertz CT molecular complexity index is 345. The molecular weight excluding hydrogens is 220 g/mol. The molecule has 1 aromatic carbocycles. The lowest BCUT2D eigenvalue weighted by Gasteiger charge is -2.12. The van der Waals surface area contributed by atoms with Gasteiger partial charge in [0.25, 0.3) is 0 Å². The monoisotopic (exact) mass is 238 g/mol. The lowest BCUT2D eigenvalue weighted by Crippen LogP contribution is -2.25. The molecule has 0 heterocycles. The quantitative estimate of drug-likeness (QED) is 0.794. The van der Waals surface area contributed by atoms with Crippen LogP contribution in [0, 0.1) is 5.92 Å². The Morgan fingerprint density at radius 2 is 2.19 bits per heavy atom. The zero-order valence-electron chi connectivity index (χ0n) is 9.67. The van der Waals surface area contributed by atoms with Crippen molar-refractivity contribution in [2.75, 3.05) is 5.73 Å². The van der Waals surface area contributed by atoms with Crippen LogP contribution in [-0.4, -0.2) is 6.04 Å². The van der Waals surface area contributed by atoms with Gasteiger partial charge >= 0.3 is 0 Å². The molecule has 0 aliphatic heterocycles. The van der Waals surface area contributed by atoms with Gasteiger partial charge in [-0.25, -0.2) is 0 Å². The Labute approximate surface area is 102 Å². The highest BCUT2D eigenvalue weighted by Crippen LogP contribution is 2.25. The summed E-state index contributed by atoms with van der Waals surface area (Å²) in [6, 6.07) is 6.40. The van der Waals surface area contributed by atoms with E-state index in [2.05, 4.69) is 12.2 Å². The fourth-order valence-electron chi connectivity index (χ4n) is 2.43. The van der Waals surface area contributed by atoms with Crippen LogP contribution in [-0.2, 0) is 6.54 Å². The third-order valence-electron chi connectivity index (χ3n) is 3.27. The lowest BCUT2D eigenvalue weighted by atomic mass is 10.1. The molecule has 1 fully saturated rings. The Kier molecular flexibility index (Phi) is 3.72. The van der Waals surface area contributed by atoms with Crippen molar-refractivity contribution < 1.29 is 0 Å². The van der Waals surface area contributed by atoms with Gasteiger partial charge in [-0.3, -0.25) is 0 Å². The van der Waals surface area contributed by atoms with Gasteiger partial charge in [-0.2, -0.15) is 0 Å². The van der Waals surface area contributed by atoms with Crippen LogP contribution in [0.5, 0.6) is 0 Å². The molecule has 1 aliphatic rings. The van der Waals surface area contributed by atoms with Gasteiger partial charge in [-0.05, 0) is 48.9 Å². The van der Waals surface area contributed by atoms with Crippen molar-refractivity contribution in [3.05, 3.63) is 28.8 Å². The van der Waals surface area contributed by atoms with E-state index in [4.69, 9.17) is 17.3 Å². The largest absolute Gasteiger partial charge is 0.399 e. The van der Waals surface area contributed by atoms with Gasteiger partial charge in [0.2, 0.25) is 0 Å². The van der Waals surface area contributed by atoms with Crippen molar-refractivity contribution in [3.8, 4) is 0 Å². The molecule has 3 N–H and O–H groups in total. The van der Waals surface area contributed by atoms with Crippen molar-refractivity contribution in [3.63, 3.8) is 0 Å². The Morgan fingerprint density at radius 1 is 1.38 bits per heavy atom. The highest BCUT2D eigenvalue weighted by molar-refractivity contribution is 6.30. The number of nitrogen functional groups attached to an aromatic ring is 1. The number of rotatable bonds is 3. The Morgan fingerprint density at radius 3 is 2.81 bits per heavy atom. The van der Waals surface area contributed by atoms with Crippen LogP contribution in [0.3, 0.4) is 0 Å². The predicted octanol–water partition coefficient (Wildman–Crippen LogP) is 3.20. The van der Waals surface area contributed by atoms with Crippen molar-refractivity contribution in [2.24, 2.45) is 5.92 Å². The summed E-state index contributed by atoms with van der Waals surface area (Å²) in [6.45, 7) is 3.18. The standard InChI is InChI=1S/C13H19ClN2/c1-9-2-3-13(4-9)16-8-10-5-11(14)7-12(15)6-10/h5-7,9,13,16H,2-4,8,15H2,1H3. The molecular formula is C13H19ClN2. The molecule has 3 heteroatoms.